The lowest BCUT2D eigenvalue weighted by Crippen LogP contribution is -2.46. The van der Waals surface area contributed by atoms with E-state index in [-0.39, 0.29) is 6.04 Å². The Morgan fingerprint density at radius 3 is 2.44 bits per heavy atom. The van der Waals surface area contributed by atoms with Gasteiger partial charge in [-0.15, -0.1) is 10.2 Å². The van der Waals surface area contributed by atoms with Crippen LogP contribution in [-0.2, 0) is 6.18 Å². The highest BCUT2D eigenvalue weighted by molar-refractivity contribution is 5.99. The highest BCUT2D eigenvalue weighted by atomic mass is 19.4. The van der Waals surface area contributed by atoms with Gasteiger partial charge >= 0.3 is 6.18 Å². The summed E-state index contributed by atoms with van der Waals surface area (Å²) in [6.07, 6.45) is -2.13. The summed E-state index contributed by atoms with van der Waals surface area (Å²) in [6.45, 7) is 1.08. The number of nitrogens with one attached hydrogen (secondary N) is 1. The highest BCUT2D eigenvalue weighted by Crippen LogP contribution is 2.35. The molecule has 11 heteroatoms. The zero-order valence-electron chi connectivity index (χ0n) is 19.3. The van der Waals surface area contributed by atoms with Crippen LogP contribution in [0.2, 0.25) is 0 Å². The van der Waals surface area contributed by atoms with E-state index < -0.39 is 29.0 Å². The largest absolute Gasteiger partial charge is 0.417 e. The molecule has 7 nitrogen and oxygen atoms in total. The van der Waals surface area contributed by atoms with Crippen molar-refractivity contribution in [2.45, 2.75) is 25.1 Å². The first-order valence-electron chi connectivity index (χ1n) is 11.4. The quantitative estimate of drug-likeness (QED) is 0.404. The van der Waals surface area contributed by atoms with Crippen molar-refractivity contribution in [1.29, 1.82) is 0 Å². The third-order valence-corrected chi connectivity index (χ3v) is 6.57. The van der Waals surface area contributed by atoms with Crippen LogP contribution in [0.15, 0.2) is 54.7 Å². The third kappa shape index (κ3) is 4.36. The molecular formula is C25H22F4N6O. The van der Waals surface area contributed by atoms with Crippen LogP contribution < -0.4 is 4.90 Å². The minimum atomic E-state index is -4.83. The van der Waals surface area contributed by atoms with Crippen molar-refractivity contribution in [3.63, 3.8) is 0 Å². The van der Waals surface area contributed by atoms with Crippen LogP contribution in [0.1, 0.15) is 28.8 Å². The molecular weight excluding hydrogens is 476 g/mol. The van der Waals surface area contributed by atoms with Gasteiger partial charge < -0.3 is 9.80 Å². The molecule has 186 valence electrons. The van der Waals surface area contributed by atoms with Crippen molar-refractivity contribution in [1.82, 2.24) is 25.3 Å². The zero-order valence-corrected chi connectivity index (χ0v) is 19.3. The molecule has 36 heavy (non-hydrogen) atoms. The molecule has 0 unspecified atom stereocenters. The fourth-order valence-electron chi connectivity index (χ4n) is 4.67. The molecule has 3 heterocycles. The molecule has 2 aromatic carbocycles. The predicted molar refractivity (Wildman–Crippen MR) is 126 cm³/mol. The van der Waals surface area contributed by atoms with E-state index in [1.807, 2.05) is 30.3 Å². The van der Waals surface area contributed by atoms with Gasteiger partial charge in [0.25, 0.3) is 5.91 Å². The van der Waals surface area contributed by atoms with Crippen LogP contribution >= 0.6 is 0 Å². The molecule has 0 saturated carbocycles. The summed E-state index contributed by atoms with van der Waals surface area (Å²) in [5, 5.41) is 17.6. The number of carbonyl (C=O) groups excluding carboxylic acids is 1. The van der Waals surface area contributed by atoms with Gasteiger partial charge in [0.05, 0.1) is 16.8 Å². The maximum Gasteiger partial charge on any atom is 0.417 e. The Morgan fingerprint density at radius 2 is 1.78 bits per heavy atom. The van der Waals surface area contributed by atoms with E-state index in [9.17, 15) is 22.4 Å². The second-order valence-corrected chi connectivity index (χ2v) is 8.71. The van der Waals surface area contributed by atoms with E-state index in [1.54, 1.807) is 6.20 Å². The standard InChI is InChI=1S/C25H22F4N6O/c1-34(24(36)19-7-6-15(26)14-20(19)25(27,28)29)16-9-12-35(13-10-16)23-18-5-3-2-4-17(18)22(32-33-23)21-8-11-30-31-21/h2-8,11,14,16H,9-10,12-13H2,1H3,(H,30,31). The summed E-state index contributed by atoms with van der Waals surface area (Å²) in [5.74, 6) is -1.11. The van der Waals surface area contributed by atoms with Crippen molar-refractivity contribution >= 4 is 22.5 Å². The minimum Gasteiger partial charge on any atom is -0.354 e. The number of aromatic nitrogens is 4. The fraction of sp³-hybridized carbons (Fsp3) is 0.280. The van der Waals surface area contributed by atoms with E-state index in [1.165, 1.54) is 11.9 Å². The average Bonchev–Trinajstić information content (AvgIpc) is 3.42. The maximum atomic E-state index is 13.5. The van der Waals surface area contributed by atoms with Crippen molar-refractivity contribution in [3.8, 4) is 11.4 Å². The number of piperidine rings is 1. The summed E-state index contributed by atoms with van der Waals surface area (Å²) < 4.78 is 53.7. The van der Waals surface area contributed by atoms with Gasteiger partial charge in [-0.05, 0) is 37.1 Å². The van der Waals surface area contributed by atoms with Crippen LogP contribution in [0.4, 0.5) is 23.4 Å². The summed E-state index contributed by atoms with van der Waals surface area (Å²) in [7, 11) is 1.49. The number of hydrogen-bond acceptors (Lipinski definition) is 5. The van der Waals surface area contributed by atoms with E-state index in [0.717, 1.165) is 28.6 Å². The monoisotopic (exact) mass is 498 g/mol. The molecule has 1 aliphatic rings. The van der Waals surface area contributed by atoms with E-state index in [4.69, 9.17) is 0 Å². The smallest absolute Gasteiger partial charge is 0.354 e. The van der Waals surface area contributed by atoms with Crippen LogP contribution in [0.5, 0.6) is 0 Å². The lowest BCUT2D eigenvalue weighted by atomic mass is 10.00. The van der Waals surface area contributed by atoms with Crippen molar-refractivity contribution in [3.05, 3.63) is 71.7 Å². The number of H-pyrrole nitrogens is 1. The second-order valence-electron chi connectivity index (χ2n) is 8.71. The number of fused-ring (bicyclic) bond motifs is 1. The van der Waals surface area contributed by atoms with Gasteiger partial charge in [0, 0.05) is 43.1 Å². The molecule has 2 aromatic heterocycles. The first kappa shape index (κ1) is 23.7. The number of halogens is 4. The van der Waals surface area contributed by atoms with Crippen LogP contribution in [0.25, 0.3) is 22.2 Å². The first-order valence-corrected chi connectivity index (χ1v) is 11.4. The molecule has 5 rings (SSSR count). The van der Waals surface area contributed by atoms with Crippen LogP contribution in [0.3, 0.4) is 0 Å². The van der Waals surface area contributed by atoms with Crippen LogP contribution in [0, 0.1) is 5.82 Å². The normalized spacial score (nSPS) is 14.9. The molecule has 1 amide bonds. The fourth-order valence-corrected chi connectivity index (χ4v) is 4.67. The average molecular weight is 498 g/mol. The number of anilines is 1. The lowest BCUT2D eigenvalue weighted by Gasteiger charge is -2.37. The SMILES string of the molecule is CN(C(=O)c1ccc(F)cc1C(F)(F)F)C1CCN(c2nnc(-c3ccn[nH]3)c3ccccc23)CC1. The molecule has 1 N–H and O–H groups in total. The third-order valence-electron chi connectivity index (χ3n) is 6.57. The molecule has 0 radical (unpaired) electrons. The number of alkyl halides is 3. The molecule has 1 saturated heterocycles. The van der Waals surface area contributed by atoms with E-state index in [2.05, 4.69) is 25.3 Å². The number of benzene rings is 2. The molecule has 0 bridgehead atoms. The number of carbonyl (C=O) groups is 1. The summed E-state index contributed by atoms with van der Waals surface area (Å²) in [6, 6.07) is 11.4. The van der Waals surface area contributed by atoms with Crippen molar-refractivity contribution in [2.75, 3.05) is 25.0 Å². The molecule has 0 spiro atoms. The maximum absolute atomic E-state index is 13.5. The molecule has 0 atom stereocenters. The molecule has 4 aromatic rings. The Balaban J connectivity index is 1.35. The number of nitrogens with zero attached hydrogens (tertiary/aromatic N) is 5. The molecule has 0 aliphatic carbocycles. The Labute approximate surface area is 203 Å². The van der Waals surface area contributed by atoms with Gasteiger partial charge in [0.2, 0.25) is 0 Å². The van der Waals surface area contributed by atoms with Gasteiger partial charge in [-0.3, -0.25) is 9.89 Å². The Kier molecular flexibility index (Phi) is 6.07. The Bertz CT molecular complexity index is 1400. The van der Waals surface area contributed by atoms with Crippen molar-refractivity contribution < 1.29 is 22.4 Å². The summed E-state index contributed by atoms with van der Waals surface area (Å²) >= 11 is 0. The summed E-state index contributed by atoms with van der Waals surface area (Å²) in [4.78, 5) is 16.4. The van der Waals surface area contributed by atoms with E-state index >= 15 is 0 Å². The lowest BCUT2D eigenvalue weighted by molar-refractivity contribution is -0.138. The molecule has 1 aliphatic heterocycles. The highest BCUT2D eigenvalue weighted by Gasteiger charge is 2.37. The Hall–Kier alpha value is -4.02. The van der Waals surface area contributed by atoms with Gasteiger partial charge in [-0.25, -0.2) is 4.39 Å². The van der Waals surface area contributed by atoms with Crippen molar-refractivity contribution in [2.24, 2.45) is 0 Å². The molecule has 1 fully saturated rings. The van der Waals surface area contributed by atoms with Gasteiger partial charge in [0.15, 0.2) is 5.82 Å². The topological polar surface area (TPSA) is 78.0 Å². The van der Waals surface area contributed by atoms with E-state index in [0.29, 0.717) is 43.5 Å². The number of hydrogen-bond donors (Lipinski definition) is 1. The first-order chi connectivity index (χ1) is 17.2. The second kappa shape index (κ2) is 9.21. The summed E-state index contributed by atoms with van der Waals surface area (Å²) in [5.41, 5.74) is -0.383. The number of aromatic amines is 1. The Morgan fingerprint density at radius 1 is 1.06 bits per heavy atom. The minimum absolute atomic E-state index is 0.275. The van der Waals surface area contributed by atoms with Crippen LogP contribution in [-0.4, -0.2) is 57.4 Å². The number of rotatable bonds is 4. The zero-order chi connectivity index (χ0) is 25.4. The predicted octanol–water partition coefficient (Wildman–Crippen LogP) is 4.92. The van der Waals surface area contributed by atoms with Gasteiger partial charge in [0.1, 0.15) is 11.5 Å². The van der Waals surface area contributed by atoms with Gasteiger partial charge in [-0.2, -0.15) is 18.3 Å². The van der Waals surface area contributed by atoms with Gasteiger partial charge in [-0.1, -0.05) is 24.3 Å². The number of amides is 1.